The van der Waals surface area contributed by atoms with Crippen LogP contribution in [0.1, 0.15) is 11.1 Å². The predicted octanol–water partition coefficient (Wildman–Crippen LogP) is 3.24. The molecule has 5 nitrogen and oxygen atoms in total. The van der Waals surface area contributed by atoms with Gasteiger partial charge in [0.2, 0.25) is 0 Å². The first-order valence-electron chi connectivity index (χ1n) is 6.87. The van der Waals surface area contributed by atoms with E-state index in [0.717, 1.165) is 10.0 Å². The van der Waals surface area contributed by atoms with E-state index in [1.807, 2.05) is 30.3 Å². The number of carbonyl (C=O) groups is 1. The lowest BCUT2D eigenvalue weighted by Gasteiger charge is -2.06. The second-order valence-corrected chi connectivity index (χ2v) is 5.94. The zero-order valence-corrected chi connectivity index (χ0v) is 14.9. The maximum Gasteiger partial charge on any atom is 0.336 e. The zero-order chi connectivity index (χ0) is 17.4. The molecule has 0 aliphatic rings. The van der Waals surface area contributed by atoms with Crippen LogP contribution in [-0.2, 0) is 4.79 Å². The largest absolute Gasteiger partial charge is 0.423 e. The lowest BCUT2D eigenvalue weighted by atomic mass is 10.2. The normalized spacial score (nSPS) is 10.9. The molecule has 0 fully saturated rings. The van der Waals surface area contributed by atoms with Gasteiger partial charge < -0.3 is 10.5 Å². The lowest BCUT2D eigenvalue weighted by molar-refractivity contribution is -0.128. The summed E-state index contributed by atoms with van der Waals surface area (Å²) in [6, 6.07) is 14.7. The second kappa shape index (κ2) is 8.95. The van der Waals surface area contributed by atoms with Crippen molar-refractivity contribution in [2.45, 2.75) is 0 Å². The van der Waals surface area contributed by atoms with Crippen LogP contribution in [0.2, 0.25) is 0 Å². The molecular formula is C17H14BrN3O2S. The highest BCUT2D eigenvalue weighted by atomic mass is 79.9. The number of esters is 1. The molecule has 2 rings (SSSR count). The maximum atomic E-state index is 12.0. The molecule has 0 saturated heterocycles. The van der Waals surface area contributed by atoms with E-state index in [9.17, 15) is 4.79 Å². The summed E-state index contributed by atoms with van der Waals surface area (Å²) in [6.45, 7) is 0. The standard InChI is InChI=1S/C17H14BrN3O2S/c18-14-7-8-15(13(10-14)11-20-21-17(19)24)23-16(22)9-6-12-4-2-1-3-5-12/h1-11H,(H3,19,21,24)/b9-6+,20-11-. The van der Waals surface area contributed by atoms with Crippen LogP contribution < -0.4 is 15.9 Å². The molecule has 0 atom stereocenters. The van der Waals surface area contributed by atoms with Crippen molar-refractivity contribution in [2.75, 3.05) is 0 Å². The van der Waals surface area contributed by atoms with E-state index in [4.69, 9.17) is 10.5 Å². The molecule has 0 aliphatic carbocycles. The molecule has 2 aromatic rings. The van der Waals surface area contributed by atoms with Crippen molar-refractivity contribution in [3.05, 3.63) is 70.2 Å². The molecule has 0 aromatic heterocycles. The SMILES string of the molecule is NC(=S)N/N=C\c1cc(Br)ccc1OC(=O)/C=C/c1ccccc1. The van der Waals surface area contributed by atoms with Gasteiger partial charge in [-0.05, 0) is 42.1 Å². The second-order valence-electron chi connectivity index (χ2n) is 4.58. The molecule has 7 heteroatoms. The van der Waals surface area contributed by atoms with Crippen LogP contribution in [0, 0.1) is 0 Å². The first kappa shape index (κ1) is 17.8. The van der Waals surface area contributed by atoms with Gasteiger partial charge in [-0.15, -0.1) is 0 Å². The fourth-order valence-electron chi connectivity index (χ4n) is 1.75. The van der Waals surface area contributed by atoms with Gasteiger partial charge in [0.25, 0.3) is 0 Å². The Morgan fingerprint density at radius 3 is 2.71 bits per heavy atom. The molecule has 3 N–H and O–H groups in total. The number of carbonyl (C=O) groups excluding carboxylic acids is 1. The fraction of sp³-hybridized carbons (Fsp3) is 0. The van der Waals surface area contributed by atoms with Crippen LogP contribution in [0.25, 0.3) is 6.08 Å². The van der Waals surface area contributed by atoms with Crippen molar-refractivity contribution < 1.29 is 9.53 Å². The highest BCUT2D eigenvalue weighted by molar-refractivity contribution is 9.10. The number of hydrazone groups is 1. The van der Waals surface area contributed by atoms with E-state index in [2.05, 4.69) is 38.7 Å². The average Bonchev–Trinajstić information content (AvgIpc) is 2.56. The van der Waals surface area contributed by atoms with Gasteiger partial charge in [-0.25, -0.2) is 4.79 Å². The van der Waals surface area contributed by atoms with Gasteiger partial charge in [-0.3, -0.25) is 5.43 Å². The third-order valence-electron chi connectivity index (χ3n) is 2.77. The van der Waals surface area contributed by atoms with Crippen LogP contribution in [0.5, 0.6) is 5.75 Å². The van der Waals surface area contributed by atoms with Crippen molar-refractivity contribution >= 4 is 51.5 Å². The number of rotatable bonds is 5. The van der Waals surface area contributed by atoms with Gasteiger partial charge in [-0.2, -0.15) is 5.10 Å². The van der Waals surface area contributed by atoms with Crippen LogP contribution in [0.3, 0.4) is 0 Å². The summed E-state index contributed by atoms with van der Waals surface area (Å²) in [5, 5.41) is 3.92. The number of nitrogens with zero attached hydrogens (tertiary/aromatic N) is 1. The maximum absolute atomic E-state index is 12.0. The van der Waals surface area contributed by atoms with Crippen LogP contribution in [-0.4, -0.2) is 17.3 Å². The van der Waals surface area contributed by atoms with E-state index < -0.39 is 5.97 Å². The molecule has 0 aliphatic heterocycles. The van der Waals surface area contributed by atoms with Crippen LogP contribution >= 0.6 is 28.1 Å². The highest BCUT2D eigenvalue weighted by Gasteiger charge is 2.07. The molecule has 0 saturated carbocycles. The Balaban J connectivity index is 2.10. The van der Waals surface area contributed by atoms with Gasteiger partial charge in [0.1, 0.15) is 5.75 Å². The summed E-state index contributed by atoms with van der Waals surface area (Å²) < 4.78 is 6.17. The summed E-state index contributed by atoms with van der Waals surface area (Å²) in [6.07, 6.45) is 4.52. The highest BCUT2D eigenvalue weighted by Crippen LogP contribution is 2.22. The van der Waals surface area contributed by atoms with Gasteiger partial charge >= 0.3 is 5.97 Å². The summed E-state index contributed by atoms with van der Waals surface area (Å²) in [4.78, 5) is 12.0. The minimum absolute atomic E-state index is 0.0468. The van der Waals surface area contributed by atoms with Crippen molar-refractivity contribution in [2.24, 2.45) is 10.8 Å². The third-order valence-corrected chi connectivity index (χ3v) is 3.36. The van der Waals surface area contributed by atoms with Gasteiger partial charge in [0.15, 0.2) is 5.11 Å². The third kappa shape index (κ3) is 5.94. The summed E-state index contributed by atoms with van der Waals surface area (Å²) in [5.41, 5.74) is 9.25. The number of nitrogens with two attached hydrogens (primary N) is 1. The van der Waals surface area contributed by atoms with Crippen LogP contribution in [0.4, 0.5) is 0 Å². The number of benzene rings is 2. The molecular weight excluding hydrogens is 390 g/mol. The number of hydrogen-bond donors (Lipinski definition) is 2. The smallest absolute Gasteiger partial charge is 0.336 e. The van der Waals surface area contributed by atoms with E-state index >= 15 is 0 Å². The van der Waals surface area contributed by atoms with Gasteiger partial charge in [0, 0.05) is 16.1 Å². The van der Waals surface area contributed by atoms with E-state index in [-0.39, 0.29) is 5.11 Å². The monoisotopic (exact) mass is 403 g/mol. The van der Waals surface area contributed by atoms with Crippen molar-refractivity contribution in [1.82, 2.24) is 5.43 Å². The number of nitrogens with one attached hydrogen (secondary N) is 1. The average molecular weight is 404 g/mol. The summed E-state index contributed by atoms with van der Waals surface area (Å²) >= 11 is 8.03. The van der Waals surface area contributed by atoms with Crippen molar-refractivity contribution in [1.29, 1.82) is 0 Å². The quantitative estimate of drug-likeness (QED) is 0.200. The Labute approximate surface area is 153 Å². The summed E-state index contributed by atoms with van der Waals surface area (Å²) in [7, 11) is 0. The molecule has 0 heterocycles. The molecule has 0 amide bonds. The summed E-state index contributed by atoms with van der Waals surface area (Å²) in [5.74, 6) is -0.118. The first-order chi connectivity index (χ1) is 11.5. The Morgan fingerprint density at radius 1 is 1.25 bits per heavy atom. The Hall–Kier alpha value is -2.51. The van der Waals surface area contributed by atoms with E-state index in [0.29, 0.717) is 11.3 Å². The number of halogens is 1. The Morgan fingerprint density at radius 2 is 2.00 bits per heavy atom. The van der Waals surface area contributed by atoms with Crippen molar-refractivity contribution in [3.8, 4) is 5.75 Å². The molecule has 0 radical (unpaired) electrons. The number of ether oxygens (including phenoxy) is 1. The van der Waals surface area contributed by atoms with Gasteiger partial charge in [0.05, 0.1) is 6.21 Å². The van der Waals surface area contributed by atoms with Gasteiger partial charge in [-0.1, -0.05) is 46.3 Å². The first-order valence-corrected chi connectivity index (χ1v) is 8.08. The lowest BCUT2D eigenvalue weighted by Crippen LogP contribution is -2.24. The molecule has 0 bridgehead atoms. The molecule has 0 unspecified atom stereocenters. The predicted molar refractivity (Wildman–Crippen MR) is 103 cm³/mol. The molecule has 2 aromatic carbocycles. The number of hydrogen-bond acceptors (Lipinski definition) is 4. The zero-order valence-electron chi connectivity index (χ0n) is 12.5. The minimum atomic E-state index is -0.488. The Bertz CT molecular complexity index is 792. The van der Waals surface area contributed by atoms with E-state index in [1.54, 1.807) is 24.3 Å². The molecule has 24 heavy (non-hydrogen) atoms. The fourth-order valence-corrected chi connectivity index (χ4v) is 2.18. The van der Waals surface area contributed by atoms with E-state index in [1.165, 1.54) is 12.3 Å². The van der Waals surface area contributed by atoms with Crippen LogP contribution in [0.15, 0.2) is 64.2 Å². The topological polar surface area (TPSA) is 76.7 Å². The molecule has 0 spiro atoms. The molecule has 122 valence electrons. The Kier molecular flexibility index (Phi) is 6.65. The number of thiocarbonyl (C=S) groups is 1. The minimum Gasteiger partial charge on any atom is -0.423 e. The van der Waals surface area contributed by atoms with Crippen molar-refractivity contribution in [3.63, 3.8) is 0 Å².